The fourth-order valence-corrected chi connectivity index (χ4v) is 4.79. The summed E-state index contributed by atoms with van der Waals surface area (Å²) < 4.78 is 6.22. The number of carbonyl (C=O) groups is 3. The highest BCUT2D eigenvalue weighted by Crippen LogP contribution is 2.36. The molecule has 31 heavy (non-hydrogen) atoms. The molecule has 0 radical (unpaired) electrons. The summed E-state index contributed by atoms with van der Waals surface area (Å²) in [6, 6.07) is 12.5. The highest BCUT2D eigenvalue weighted by molar-refractivity contribution is 7.19. The minimum atomic E-state index is -0.232. The van der Waals surface area contributed by atoms with Crippen LogP contribution in [0, 0.1) is 0 Å². The molecular weight excluding hydrogens is 414 g/mol. The van der Waals surface area contributed by atoms with Gasteiger partial charge in [-0.3, -0.25) is 19.3 Å². The normalized spacial score (nSPS) is 17.5. The van der Waals surface area contributed by atoms with Gasteiger partial charge in [-0.15, -0.1) is 11.3 Å². The molecule has 2 aliphatic rings. The monoisotopic (exact) mass is 433 g/mol. The lowest BCUT2D eigenvalue weighted by Gasteiger charge is -2.26. The van der Waals surface area contributed by atoms with Crippen molar-refractivity contribution in [1.82, 2.24) is 9.88 Å². The van der Waals surface area contributed by atoms with E-state index in [0.717, 1.165) is 4.70 Å². The second-order valence-electron chi connectivity index (χ2n) is 7.37. The molecule has 8 heteroatoms. The molecule has 3 aromatic rings. The van der Waals surface area contributed by atoms with Gasteiger partial charge in [0.15, 0.2) is 0 Å². The van der Waals surface area contributed by atoms with Crippen LogP contribution in [0.5, 0.6) is 0 Å². The number of hydrogen-bond acceptors (Lipinski definition) is 6. The van der Waals surface area contributed by atoms with Gasteiger partial charge in [0.1, 0.15) is 5.01 Å². The molecule has 0 atom stereocenters. The number of anilines is 1. The number of benzene rings is 2. The van der Waals surface area contributed by atoms with E-state index in [1.807, 2.05) is 6.07 Å². The molecule has 1 saturated heterocycles. The van der Waals surface area contributed by atoms with Gasteiger partial charge in [0, 0.05) is 37.2 Å². The fourth-order valence-electron chi connectivity index (χ4n) is 3.91. The zero-order chi connectivity index (χ0) is 21.5. The number of carbonyl (C=O) groups excluding carboxylic acids is 3. The predicted octanol–water partition coefficient (Wildman–Crippen LogP) is 3.36. The highest BCUT2D eigenvalue weighted by Gasteiger charge is 2.34. The standard InChI is InChI=1S/C23H19N3O4S/c1-14(27)26-18-5-3-2-4-16(18)22(28)19(26)13-21-24-17-12-15(6-7-20(17)31-21)23(29)25-8-10-30-11-9-25/h2-7,12-13H,8-11H2,1H3/b19-13+. The third-order valence-corrected chi connectivity index (χ3v) is 6.37. The van der Waals surface area contributed by atoms with Crippen molar-refractivity contribution in [2.45, 2.75) is 6.92 Å². The molecule has 2 aromatic carbocycles. The van der Waals surface area contributed by atoms with Gasteiger partial charge in [0.2, 0.25) is 11.7 Å². The Hall–Kier alpha value is -3.36. The molecule has 0 aliphatic carbocycles. The van der Waals surface area contributed by atoms with Crippen LogP contribution in [0.3, 0.4) is 0 Å². The summed E-state index contributed by atoms with van der Waals surface area (Å²) in [5, 5.41) is 0.605. The number of morpholine rings is 1. The van der Waals surface area contributed by atoms with Crippen LogP contribution in [-0.4, -0.2) is 53.8 Å². The lowest BCUT2D eigenvalue weighted by molar-refractivity contribution is -0.116. The lowest BCUT2D eigenvalue weighted by atomic mass is 10.1. The smallest absolute Gasteiger partial charge is 0.254 e. The lowest BCUT2D eigenvalue weighted by Crippen LogP contribution is -2.40. The predicted molar refractivity (Wildman–Crippen MR) is 118 cm³/mol. The summed E-state index contributed by atoms with van der Waals surface area (Å²) in [6.45, 7) is 3.69. The number of fused-ring (bicyclic) bond motifs is 2. The third kappa shape index (κ3) is 3.43. The number of ether oxygens (including phenoxy) is 1. The van der Waals surface area contributed by atoms with Gasteiger partial charge in [-0.25, -0.2) is 4.98 Å². The Bertz CT molecular complexity index is 1260. The molecule has 156 valence electrons. The first-order chi connectivity index (χ1) is 15.0. The molecule has 0 spiro atoms. The second-order valence-corrected chi connectivity index (χ2v) is 8.43. The largest absolute Gasteiger partial charge is 0.378 e. The highest BCUT2D eigenvalue weighted by atomic mass is 32.1. The van der Waals surface area contributed by atoms with Gasteiger partial charge in [-0.05, 0) is 30.3 Å². The quantitative estimate of drug-likeness (QED) is 0.579. The summed E-state index contributed by atoms with van der Waals surface area (Å²) in [6.07, 6.45) is 1.65. The van der Waals surface area contributed by atoms with Gasteiger partial charge in [0.25, 0.3) is 5.91 Å². The zero-order valence-corrected chi connectivity index (χ0v) is 17.6. The van der Waals surface area contributed by atoms with Crippen LogP contribution in [0.15, 0.2) is 48.2 Å². The molecule has 5 rings (SSSR count). The first kappa shape index (κ1) is 19.6. The average molecular weight is 433 g/mol. The van der Waals surface area contributed by atoms with E-state index in [9.17, 15) is 14.4 Å². The number of ketones is 1. The van der Waals surface area contributed by atoms with Crippen molar-refractivity contribution in [3.05, 3.63) is 64.3 Å². The topological polar surface area (TPSA) is 79.8 Å². The van der Waals surface area contributed by atoms with Gasteiger partial charge in [-0.1, -0.05) is 12.1 Å². The van der Waals surface area contributed by atoms with Gasteiger partial charge in [-0.2, -0.15) is 0 Å². The summed E-state index contributed by atoms with van der Waals surface area (Å²) in [7, 11) is 0. The van der Waals surface area contributed by atoms with E-state index in [1.54, 1.807) is 47.4 Å². The van der Waals surface area contributed by atoms with E-state index in [2.05, 4.69) is 4.98 Å². The zero-order valence-electron chi connectivity index (χ0n) is 16.8. The molecular formula is C23H19N3O4S. The molecule has 7 nitrogen and oxygen atoms in total. The third-order valence-electron chi connectivity index (χ3n) is 5.39. The van der Waals surface area contributed by atoms with E-state index in [0.29, 0.717) is 53.6 Å². The van der Waals surface area contributed by atoms with Crippen molar-refractivity contribution in [1.29, 1.82) is 0 Å². The summed E-state index contributed by atoms with van der Waals surface area (Å²) in [5.41, 5.74) is 2.65. The summed E-state index contributed by atoms with van der Waals surface area (Å²) in [5.74, 6) is -0.473. The molecule has 2 aliphatic heterocycles. The van der Waals surface area contributed by atoms with Crippen LogP contribution >= 0.6 is 11.3 Å². The Balaban J connectivity index is 1.49. The first-order valence-electron chi connectivity index (χ1n) is 9.96. The van der Waals surface area contributed by atoms with Crippen molar-refractivity contribution >= 4 is 50.9 Å². The fraction of sp³-hybridized carbons (Fsp3) is 0.217. The van der Waals surface area contributed by atoms with E-state index < -0.39 is 0 Å². The molecule has 2 amide bonds. The molecule has 0 N–H and O–H groups in total. The van der Waals surface area contributed by atoms with E-state index >= 15 is 0 Å². The molecule has 0 bridgehead atoms. The minimum Gasteiger partial charge on any atom is -0.378 e. The summed E-state index contributed by atoms with van der Waals surface area (Å²) in [4.78, 5) is 45.7. The van der Waals surface area contributed by atoms with Crippen molar-refractivity contribution in [2.24, 2.45) is 0 Å². The first-order valence-corrected chi connectivity index (χ1v) is 10.8. The summed E-state index contributed by atoms with van der Waals surface area (Å²) >= 11 is 1.41. The Morgan fingerprint density at radius 1 is 1.13 bits per heavy atom. The Morgan fingerprint density at radius 2 is 1.90 bits per heavy atom. The molecule has 1 aromatic heterocycles. The van der Waals surface area contributed by atoms with Gasteiger partial charge < -0.3 is 9.64 Å². The van der Waals surface area contributed by atoms with Crippen LogP contribution in [0.25, 0.3) is 16.3 Å². The number of allylic oxidation sites excluding steroid dienone is 1. The van der Waals surface area contributed by atoms with E-state index in [1.165, 1.54) is 23.2 Å². The minimum absolute atomic E-state index is 0.0396. The number of nitrogens with zero attached hydrogens (tertiary/aromatic N) is 3. The number of aromatic nitrogens is 1. The average Bonchev–Trinajstić information content (AvgIpc) is 3.32. The SMILES string of the molecule is CC(=O)N1/C(=C/c2nc3cc(C(=O)N4CCOCC4)ccc3s2)C(=O)c2ccccc21. The number of thiazole rings is 1. The van der Waals surface area contributed by atoms with Gasteiger partial charge in [0.05, 0.1) is 34.8 Å². The van der Waals surface area contributed by atoms with Crippen molar-refractivity contribution in [3.63, 3.8) is 0 Å². The van der Waals surface area contributed by atoms with E-state index in [4.69, 9.17) is 4.74 Å². The number of amides is 2. The number of rotatable bonds is 2. The Morgan fingerprint density at radius 3 is 2.68 bits per heavy atom. The second kappa shape index (κ2) is 7.72. The van der Waals surface area contributed by atoms with Crippen molar-refractivity contribution < 1.29 is 19.1 Å². The Labute approximate surface area is 182 Å². The maximum Gasteiger partial charge on any atom is 0.254 e. The van der Waals surface area contributed by atoms with Crippen LogP contribution in [-0.2, 0) is 9.53 Å². The van der Waals surface area contributed by atoms with Crippen molar-refractivity contribution in [3.8, 4) is 0 Å². The van der Waals surface area contributed by atoms with Crippen LogP contribution in [0.2, 0.25) is 0 Å². The number of para-hydroxylation sites is 1. The van der Waals surface area contributed by atoms with Crippen LogP contribution in [0.1, 0.15) is 32.6 Å². The maximum atomic E-state index is 12.9. The number of hydrogen-bond donors (Lipinski definition) is 0. The maximum absolute atomic E-state index is 12.9. The molecule has 0 unspecified atom stereocenters. The van der Waals surface area contributed by atoms with Crippen LogP contribution in [0.4, 0.5) is 5.69 Å². The van der Waals surface area contributed by atoms with Crippen molar-refractivity contribution in [2.75, 3.05) is 31.2 Å². The molecule has 1 fully saturated rings. The van der Waals surface area contributed by atoms with Crippen LogP contribution < -0.4 is 4.90 Å². The molecule has 0 saturated carbocycles. The number of Topliss-reactive ketones (excluding diaryl/α,β-unsaturated/α-hetero) is 1. The van der Waals surface area contributed by atoms with Gasteiger partial charge >= 0.3 is 0 Å². The van der Waals surface area contributed by atoms with E-state index in [-0.39, 0.29) is 23.3 Å². The Kier molecular flexibility index (Phi) is 4.88. The molecule has 3 heterocycles.